The molecular weight excluding hydrogens is 372 g/mol. The van der Waals surface area contributed by atoms with E-state index in [1.165, 1.54) is 11.1 Å². The van der Waals surface area contributed by atoms with Gasteiger partial charge in [0.15, 0.2) is 0 Å². The highest BCUT2D eigenvalue weighted by Crippen LogP contribution is 2.44. The van der Waals surface area contributed by atoms with Crippen LogP contribution in [0.1, 0.15) is 62.3 Å². The lowest BCUT2D eigenvalue weighted by Gasteiger charge is -2.44. The molecule has 0 spiro atoms. The Hall–Kier alpha value is -2.84. The molecule has 0 saturated carbocycles. The third-order valence-corrected chi connectivity index (χ3v) is 6.83. The molecule has 156 valence electrons. The standard InChI is InChI=1S/C25H30N4O/c1-16-17(2)29(18(3)30)24-9-6-21(20-10-12-27-13-11-20)14-23(24)25(16)28-22-7-4-19(15-26)5-8-22/h4-9,14,16-17,20,25,27-28H,10-13H2,1-3H3/t16-,17-,25?/m0/s1. The first-order chi connectivity index (χ1) is 14.5. The number of benzene rings is 2. The molecule has 0 aromatic heterocycles. The summed E-state index contributed by atoms with van der Waals surface area (Å²) in [5, 5.41) is 16.2. The average Bonchev–Trinajstić information content (AvgIpc) is 2.77. The average molecular weight is 403 g/mol. The van der Waals surface area contributed by atoms with Crippen LogP contribution >= 0.6 is 0 Å². The second-order valence-electron chi connectivity index (χ2n) is 8.64. The molecule has 5 heteroatoms. The summed E-state index contributed by atoms with van der Waals surface area (Å²) >= 11 is 0. The zero-order chi connectivity index (χ0) is 21.3. The molecule has 1 saturated heterocycles. The number of fused-ring (bicyclic) bond motifs is 1. The number of nitrogens with one attached hydrogen (secondary N) is 2. The Morgan fingerprint density at radius 3 is 2.47 bits per heavy atom. The monoisotopic (exact) mass is 402 g/mol. The van der Waals surface area contributed by atoms with Crippen molar-refractivity contribution in [3.8, 4) is 6.07 Å². The van der Waals surface area contributed by atoms with E-state index in [1.807, 2.05) is 29.2 Å². The Bertz CT molecular complexity index is 956. The molecule has 2 heterocycles. The highest BCUT2D eigenvalue weighted by molar-refractivity contribution is 5.94. The summed E-state index contributed by atoms with van der Waals surface area (Å²) in [4.78, 5) is 14.5. The lowest BCUT2D eigenvalue weighted by Crippen LogP contribution is -2.48. The predicted molar refractivity (Wildman–Crippen MR) is 121 cm³/mol. The minimum atomic E-state index is 0.0852. The van der Waals surface area contributed by atoms with Crippen molar-refractivity contribution in [1.29, 1.82) is 5.26 Å². The van der Waals surface area contributed by atoms with Crippen LogP contribution in [0.25, 0.3) is 0 Å². The van der Waals surface area contributed by atoms with Gasteiger partial charge >= 0.3 is 0 Å². The van der Waals surface area contributed by atoms with E-state index in [0.29, 0.717) is 11.5 Å². The first kappa shape index (κ1) is 20.4. The van der Waals surface area contributed by atoms with E-state index in [0.717, 1.165) is 37.3 Å². The van der Waals surface area contributed by atoms with Crippen molar-refractivity contribution in [3.63, 3.8) is 0 Å². The maximum atomic E-state index is 12.5. The van der Waals surface area contributed by atoms with Crippen molar-refractivity contribution < 1.29 is 4.79 Å². The normalized spacial score (nSPS) is 24.1. The molecule has 2 aromatic carbocycles. The molecule has 2 aliphatic heterocycles. The van der Waals surface area contributed by atoms with Gasteiger partial charge in [-0.05, 0) is 80.2 Å². The highest BCUT2D eigenvalue weighted by atomic mass is 16.2. The van der Waals surface area contributed by atoms with Gasteiger partial charge in [-0.15, -0.1) is 0 Å². The van der Waals surface area contributed by atoms with Crippen molar-refractivity contribution in [2.75, 3.05) is 23.3 Å². The van der Waals surface area contributed by atoms with Gasteiger partial charge in [0.05, 0.1) is 17.7 Å². The summed E-state index contributed by atoms with van der Waals surface area (Å²) < 4.78 is 0. The fourth-order valence-corrected chi connectivity index (χ4v) is 4.95. The Morgan fingerprint density at radius 1 is 1.13 bits per heavy atom. The summed E-state index contributed by atoms with van der Waals surface area (Å²) in [5.74, 6) is 0.884. The Morgan fingerprint density at radius 2 is 1.83 bits per heavy atom. The largest absolute Gasteiger partial charge is 0.378 e. The molecule has 1 fully saturated rings. The van der Waals surface area contributed by atoms with Crippen molar-refractivity contribution in [2.24, 2.45) is 5.92 Å². The van der Waals surface area contributed by atoms with Gasteiger partial charge in [0.25, 0.3) is 0 Å². The van der Waals surface area contributed by atoms with E-state index < -0.39 is 0 Å². The minimum absolute atomic E-state index is 0.0852. The minimum Gasteiger partial charge on any atom is -0.378 e. The number of carbonyl (C=O) groups excluding carboxylic acids is 1. The fourth-order valence-electron chi connectivity index (χ4n) is 4.95. The van der Waals surface area contributed by atoms with Crippen LogP contribution in [0.5, 0.6) is 0 Å². The van der Waals surface area contributed by atoms with Gasteiger partial charge in [0, 0.05) is 30.3 Å². The van der Waals surface area contributed by atoms with Gasteiger partial charge in [0.2, 0.25) is 5.91 Å². The maximum Gasteiger partial charge on any atom is 0.224 e. The first-order valence-electron chi connectivity index (χ1n) is 10.9. The number of nitriles is 1. The molecule has 5 nitrogen and oxygen atoms in total. The summed E-state index contributed by atoms with van der Waals surface area (Å²) in [6.07, 6.45) is 2.30. The van der Waals surface area contributed by atoms with Crippen LogP contribution < -0.4 is 15.5 Å². The first-order valence-corrected chi connectivity index (χ1v) is 10.9. The molecule has 30 heavy (non-hydrogen) atoms. The third-order valence-electron chi connectivity index (χ3n) is 6.83. The van der Waals surface area contributed by atoms with E-state index in [9.17, 15) is 4.79 Å². The molecule has 1 amide bonds. The number of piperidine rings is 1. The Labute approximate surface area is 179 Å². The molecule has 0 bridgehead atoms. The zero-order valence-electron chi connectivity index (χ0n) is 18.0. The molecular formula is C25H30N4O. The van der Waals surface area contributed by atoms with E-state index >= 15 is 0 Å². The zero-order valence-corrected chi connectivity index (χ0v) is 18.0. The van der Waals surface area contributed by atoms with Crippen LogP contribution in [0.15, 0.2) is 42.5 Å². The van der Waals surface area contributed by atoms with Crippen molar-refractivity contribution in [2.45, 2.75) is 51.6 Å². The SMILES string of the molecule is CC(=O)N1c2ccc(C3CCNCC3)cc2C(Nc2ccc(C#N)cc2)[C@@H](C)[C@@H]1C. The van der Waals surface area contributed by atoms with Gasteiger partial charge in [-0.2, -0.15) is 5.26 Å². The third kappa shape index (κ3) is 3.80. The number of hydrogen-bond acceptors (Lipinski definition) is 4. The van der Waals surface area contributed by atoms with Crippen molar-refractivity contribution >= 4 is 17.3 Å². The molecule has 3 atom stereocenters. The van der Waals surface area contributed by atoms with E-state index in [-0.39, 0.29) is 23.9 Å². The van der Waals surface area contributed by atoms with Gasteiger partial charge in [-0.1, -0.05) is 19.1 Å². The Kier molecular flexibility index (Phi) is 5.78. The smallest absolute Gasteiger partial charge is 0.224 e. The Balaban J connectivity index is 1.74. The van der Waals surface area contributed by atoms with E-state index in [1.54, 1.807) is 6.92 Å². The molecule has 4 rings (SSSR count). The molecule has 0 aliphatic carbocycles. The topological polar surface area (TPSA) is 68.2 Å². The fraction of sp³-hybridized carbons (Fsp3) is 0.440. The molecule has 0 radical (unpaired) electrons. The van der Waals surface area contributed by atoms with Crippen molar-refractivity contribution in [1.82, 2.24) is 5.32 Å². The maximum absolute atomic E-state index is 12.5. The number of carbonyl (C=O) groups is 1. The molecule has 1 unspecified atom stereocenters. The second-order valence-corrected chi connectivity index (χ2v) is 8.64. The van der Waals surface area contributed by atoms with Crippen LogP contribution in [0.3, 0.4) is 0 Å². The molecule has 2 N–H and O–H groups in total. The quantitative estimate of drug-likeness (QED) is 0.789. The lowest BCUT2D eigenvalue weighted by atomic mass is 9.80. The highest BCUT2D eigenvalue weighted by Gasteiger charge is 2.38. The number of rotatable bonds is 3. The van der Waals surface area contributed by atoms with Crippen LogP contribution in [0.4, 0.5) is 11.4 Å². The van der Waals surface area contributed by atoms with Gasteiger partial charge in [0.1, 0.15) is 0 Å². The number of amides is 1. The van der Waals surface area contributed by atoms with Crippen LogP contribution in [-0.2, 0) is 4.79 Å². The summed E-state index contributed by atoms with van der Waals surface area (Å²) in [7, 11) is 0. The second kappa shape index (κ2) is 8.49. The van der Waals surface area contributed by atoms with Crippen LogP contribution in [0.2, 0.25) is 0 Å². The summed E-state index contributed by atoms with van der Waals surface area (Å²) in [6, 6.07) is 16.7. The van der Waals surface area contributed by atoms with E-state index in [2.05, 4.69) is 48.7 Å². The van der Waals surface area contributed by atoms with Crippen molar-refractivity contribution in [3.05, 3.63) is 59.2 Å². The summed E-state index contributed by atoms with van der Waals surface area (Å²) in [5.41, 5.74) is 5.22. The van der Waals surface area contributed by atoms with Gasteiger partial charge < -0.3 is 15.5 Å². The van der Waals surface area contributed by atoms with E-state index in [4.69, 9.17) is 5.26 Å². The number of nitrogens with zero attached hydrogens (tertiary/aromatic N) is 2. The van der Waals surface area contributed by atoms with Gasteiger partial charge in [-0.25, -0.2) is 0 Å². The summed E-state index contributed by atoms with van der Waals surface area (Å²) in [6.45, 7) is 8.11. The molecule has 2 aliphatic rings. The lowest BCUT2D eigenvalue weighted by molar-refractivity contribution is -0.117. The number of anilines is 2. The van der Waals surface area contributed by atoms with Crippen LogP contribution in [-0.4, -0.2) is 25.0 Å². The van der Waals surface area contributed by atoms with Gasteiger partial charge in [-0.3, -0.25) is 4.79 Å². The predicted octanol–water partition coefficient (Wildman–Crippen LogP) is 4.57. The van der Waals surface area contributed by atoms with Crippen LogP contribution in [0, 0.1) is 17.2 Å². The molecule has 2 aromatic rings. The number of hydrogen-bond donors (Lipinski definition) is 2.